The number of nitrogens with two attached hydrogens (primary N) is 1. The van der Waals surface area contributed by atoms with E-state index in [1.54, 1.807) is 25.4 Å². The number of methoxy groups -OCH3 is 2. The number of fused-ring (bicyclic) bond motifs is 1. The third-order valence-electron chi connectivity index (χ3n) is 3.89. The fraction of sp³-hybridized carbons (Fsp3) is 0.235. The Morgan fingerprint density at radius 2 is 1.80 bits per heavy atom. The molecule has 0 aliphatic rings. The van der Waals surface area contributed by atoms with Crippen LogP contribution < -0.4 is 15.2 Å². The number of pyridine rings is 1. The zero-order valence-electron chi connectivity index (χ0n) is 13.9. The first kappa shape index (κ1) is 17.5. The number of benzene rings is 1. The van der Waals surface area contributed by atoms with Gasteiger partial charge in [-0.05, 0) is 12.5 Å². The number of anilines is 1. The molecule has 0 bridgehead atoms. The molecule has 0 aliphatic heterocycles. The van der Waals surface area contributed by atoms with E-state index in [0.29, 0.717) is 56.2 Å². The molecule has 0 saturated heterocycles. The first-order valence-electron chi connectivity index (χ1n) is 7.52. The van der Waals surface area contributed by atoms with E-state index in [2.05, 4.69) is 15.0 Å². The van der Waals surface area contributed by atoms with Gasteiger partial charge in [-0.2, -0.15) is 0 Å². The number of rotatable bonds is 4. The fourth-order valence-electron chi connectivity index (χ4n) is 2.71. The van der Waals surface area contributed by atoms with Crippen molar-refractivity contribution in [1.29, 1.82) is 0 Å². The lowest BCUT2D eigenvalue weighted by Gasteiger charge is -2.17. The lowest BCUT2D eigenvalue weighted by Crippen LogP contribution is -2.03. The van der Waals surface area contributed by atoms with Crippen LogP contribution in [0.5, 0.6) is 11.5 Å². The predicted molar refractivity (Wildman–Crippen MR) is 99.7 cm³/mol. The second-order valence-electron chi connectivity index (χ2n) is 5.26. The van der Waals surface area contributed by atoms with Crippen molar-refractivity contribution in [2.75, 3.05) is 20.0 Å². The summed E-state index contributed by atoms with van der Waals surface area (Å²) >= 11 is 12.5. The Hall–Kier alpha value is -2.31. The fourth-order valence-corrected chi connectivity index (χ4v) is 3.19. The minimum Gasteiger partial charge on any atom is -0.496 e. The average Bonchev–Trinajstić information content (AvgIpc) is 2.61. The molecule has 3 rings (SSSR count). The summed E-state index contributed by atoms with van der Waals surface area (Å²) in [6.07, 6.45) is 2.22. The maximum absolute atomic E-state index is 6.55. The van der Waals surface area contributed by atoms with E-state index in [-0.39, 0.29) is 0 Å². The van der Waals surface area contributed by atoms with Crippen LogP contribution in [0.25, 0.3) is 22.3 Å². The lowest BCUT2D eigenvalue weighted by molar-refractivity contribution is 0.392. The summed E-state index contributed by atoms with van der Waals surface area (Å²) in [7, 11) is 3.13. The van der Waals surface area contributed by atoms with E-state index in [9.17, 15) is 0 Å². The standard InChI is InChI=1S/C17H16Cl2N4O2/c1-4-8-11(24-2)6-12(25-3)15(19)14(8)17-22-10-7-21-13(18)5-9(10)16(20)23-17/h5-7H,4H2,1-3H3,(H2,20,22,23). The Kier molecular flexibility index (Phi) is 4.83. The summed E-state index contributed by atoms with van der Waals surface area (Å²) in [5.74, 6) is 1.80. The topological polar surface area (TPSA) is 83.2 Å². The largest absolute Gasteiger partial charge is 0.496 e. The lowest BCUT2D eigenvalue weighted by atomic mass is 10.0. The molecule has 8 heteroatoms. The van der Waals surface area contributed by atoms with Crippen molar-refractivity contribution in [2.45, 2.75) is 13.3 Å². The Labute approximate surface area is 154 Å². The third kappa shape index (κ3) is 3.03. The second-order valence-corrected chi connectivity index (χ2v) is 6.02. The summed E-state index contributed by atoms with van der Waals surface area (Å²) in [6, 6.07) is 3.38. The first-order valence-corrected chi connectivity index (χ1v) is 8.28. The average molecular weight is 379 g/mol. The maximum atomic E-state index is 6.55. The SMILES string of the molecule is CCc1c(OC)cc(OC)c(Cl)c1-c1nc(N)c2cc(Cl)ncc2n1. The van der Waals surface area contributed by atoms with Gasteiger partial charge in [-0.15, -0.1) is 0 Å². The van der Waals surface area contributed by atoms with Gasteiger partial charge in [-0.25, -0.2) is 15.0 Å². The Morgan fingerprint density at radius 1 is 1.08 bits per heavy atom. The number of aromatic nitrogens is 3. The van der Waals surface area contributed by atoms with Crippen LogP contribution in [0.4, 0.5) is 5.82 Å². The molecule has 0 atom stereocenters. The van der Waals surface area contributed by atoms with Gasteiger partial charge >= 0.3 is 0 Å². The van der Waals surface area contributed by atoms with Crippen molar-refractivity contribution >= 4 is 39.9 Å². The van der Waals surface area contributed by atoms with Gasteiger partial charge in [0.15, 0.2) is 5.82 Å². The molecule has 0 aliphatic carbocycles. The number of hydrogen-bond acceptors (Lipinski definition) is 6. The molecule has 0 spiro atoms. The van der Waals surface area contributed by atoms with Crippen molar-refractivity contribution in [1.82, 2.24) is 15.0 Å². The van der Waals surface area contributed by atoms with Crippen molar-refractivity contribution in [2.24, 2.45) is 0 Å². The molecule has 0 saturated carbocycles. The molecule has 1 aromatic carbocycles. The number of nitrogens with zero attached hydrogens (tertiary/aromatic N) is 3. The predicted octanol–water partition coefficient (Wildman–Crippen LogP) is 4.16. The van der Waals surface area contributed by atoms with Crippen LogP contribution in [-0.4, -0.2) is 29.2 Å². The van der Waals surface area contributed by atoms with Crippen LogP contribution in [-0.2, 0) is 6.42 Å². The minimum atomic E-state index is 0.296. The van der Waals surface area contributed by atoms with Crippen LogP contribution in [0.15, 0.2) is 18.3 Å². The number of halogens is 2. The highest BCUT2D eigenvalue weighted by atomic mass is 35.5. The summed E-state index contributed by atoms with van der Waals surface area (Å²) in [4.78, 5) is 13.0. The molecule has 6 nitrogen and oxygen atoms in total. The quantitative estimate of drug-likeness (QED) is 0.686. The van der Waals surface area contributed by atoms with Crippen molar-refractivity contribution in [3.63, 3.8) is 0 Å². The smallest absolute Gasteiger partial charge is 0.164 e. The van der Waals surface area contributed by atoms with Crippen LogP contribution in [0.3, 0.4) is 0 Å². The van der Waals surface area contributed by atoms with E-state index in [1.165, 1.54) is 7.11 Å². The number of ether oxygens (including phenoxy) is 2. The van der Waals surface area contributed by atoms with Crippen LogP contribution in [0, 0.1) is 0 Å². The molecule has 0 radical (unpaired) electrons. The van der Waals surface area contributed by atoms with E-state index >= 15 is 0 Å². The van der Waals surface area contributed by atoms with Gasteiger partial charge in [0.25, 0.3) is 0 Å². The van der Waals surface area contributed by atoms with Crippen LogP contribution in [0.1, 0.15) is 12.5 Å². The van der Waals surface area contributed by atoms with Gasteiger partial charge < -0.3 is 15.2 Å². The molecule has 0 unspecified atom stereocenters. The Morgan fingerprint density at radius 3 is 2.44 bits per heavy atom. The molecule has 2 heterocycles. The van der Waals surface area contributed by atoms with Gasteiger partial charge in [0.05, 0.1) is 31.0 Å². The third-order valence-corrected chi connectivity index (χ3v) is 4.47. The minimum absolute atomic E-state index is 0.296. The summed E-state index contributed by atoms with van der Waals surface area (Å²) < 4.78 is 10.8. The monoisotopic (exact) mass is 378 g/mol. The van der Waals surface area contributed by atoms with Crippen LogP contribution >= 0.6 is 23.2 Å². The molecule has 2 aromatic heterocycles. The number of hydrogen-bond donors (Lipinski definition) is 1. The molecular weight excluding hydrogens is 363 g/mol. The van der Waals surface area contributed by atoms with Gasteiger partial charge in [0, 0.05) is 22.6 Å². The molecule has 130 valence electrons. The van der Waals surface area contributed by atoms with Gasteiger partial charge in [0.2, 0.25) is 0 Å². The van der Waals surface area contributed by atoms with Gasteiger partial charge in [-0.3, -0.25) is 0 Å². The highest BCUT2D eigenvalue weighted by molar-refractivity contribution is 6.35. The molecular formula is C17H16Cl2N4O2. The summed E-state index contributed by atoms with van der Waals surface area (Å²) in [5.41, 5.74) is 8.18. The summed E-state index contributed by atoms with van der Waals surface area (Å²) in [5, 5.41) is 1.36. The van der Waals surface area contributed by atoms with Crippen LogP contribution in [0.2, 0.25) is 10.2 Å². The zero-order chi connectivity index (χ0) is 18.1. The normalized spacial score (nSPS) is 10.9. The van der Waals surface area contributed by atoms with E-state index in [0.717, 1.165) is 5.56 Å². The Balaban J connectivity index is 2.35. The highest BCUT2D eigenvalue weighted by Gasteiger charge is 2.21. The second kappa shape index (κ2) is 6.90. The molecule has 0 amide bonds. The zero-order valence-corrected chi connectivity index (χ0v) is 15.4. The number of nitrogen functional groups attached to an aromatic ring is 1. The van der Waals surface area contributed by atoms with Crippen molar-refractivity contribution < 1.29 is 9.47 Å². The Bertz CT molecular complexity index is 963. The van der Waals surface area contributed by atoms with Crippen molar-refractivity contribution in [3.8, 4) is 22.9 Å². The van der Waals surface area contributed by atoms with E-state index in [1.807, 2.05) is 6.92 Å². The molecule has 3 aromatic rings. The van der Waals surface area contributed by atoms with E-state index < -0.39 is 0 Å². The summed E-state index contributed by atoms with van der Waals surface area (Å²) in [6.45, 7) is 2.00. The van der Waals surface area contributed by atoms with Gasteiger partial charge in [-0.1, -0.05) is 30.1 Å². The molecule has 0 fully saturated rings. The maximum Gasteiger partial charge on any atom is 0.164 e. The first-order chi connectivity index (χ1) is 12.0. The molecule has 25 heavy (non-hydrogen) atoms. The van der Waals surface area contributed by atoms with E-state index in [4.69, 9.17) is 38.4 Å². The highest BCUT2D eigenvalue weighted by Crippen LogP contribution is 2.42. The van der Waals surface area contributed by atoms with Gasteiger partial charge in [0.1, 0.15) is 22.5 Å². The molecule has 2 N–H and O–H groups in total. The van der Waals surface area contributed by atoms with Crippen molar-refractivity contribution in [3.05, 3.63) is 34.1 Å².